The van der Waals surface area contributed by atoms with Gasteiger partial charge in [0.05, 0.1) is 21.2 Å². The van der Waals surface area contributed by atoms with Gasteiger partial charge in [-0.25, -0.2) is 11.7 Å². The van der Waals surface area contributed by atoms with Crippen LogP contribution in [0.1, 0.15) is 52.6 Å². The summed E-state index contributed by atoms with van der Waals surface area (Å²) in [5, 5.41) is -0.138. The van der Waals surface area contributed by atoms with Gasteiger partial charge in [-0.1, -0.05) is 53.5 Å². The first-order valence-electron chi connectivity index (χ1n) is 9.08. The Balaban J connectivity index is 2.00. The lowest BCUT2D eigenvalue weighted by Crippen LogP contribution is -2.30. The highest BCUT2D eigenvalue weighted by atomic mass is 35.5. The number of hydrogen-bond donors (Lipinski definition) is 4. The zero-order valence-corrected chi connectivity index (χ0v) is 17.8. The lowest BCUT2D eigenvalue weighted by atomic mass is 9.96. The molecule has 3 aromatic rings. The molecule has 3 aromatic carbocycles. The normalized spacial score (nSPS) is 10.4. The Kier molecular flexibility index (Phi) is 7.01. The van der Waals surface area contributed by atoms with Gasteiger partial charge in [-0.3, -0.25) is 30.0 Å². The van der Waals surface area contributed by atoms with Crippen LogP contribution < -0.4 is 22.5 Å². The van der Waals surface area contributed by atoms with E-state index in [4.69, 9.17) is 34.9 Å². The minimum Gasteiger partial charge on any atom is -0.290 e. The topological polar surface area (TPSA) is 144 Å². The second kappa shape index (κ2) is 9.71. The van der Waals surface area contributed by atoms with Crippen LogP contribution >= 0.6 is 23.2 Å². The third-order valence-corrected chi connectivity index (χ3v) is 5.44. The number of benzene rings is 3. The fourth-order valence-electron chi connectivity index (χ4n) is 3.03. The molecule has 8 nitrogen and oxygen atoms in total. The maximum absolute atomic E-state index is 13.0. The molecular weight excluding hydrogens is 455 g/mol. The maximum atomic E-state index is 13.0. The molecule has 0 atom stereocenters. The number of rotatable bonds is 6. The number of amides is 2. The van der Waals surface area contributed by atoms with E-state index < -0.39 is 23.4 Å². The molecule has 0 aromatic heterocycles. The Morgan fingerprint density at radius 2 is 0.938 bits per heavy atom. The van der Waals surface area contributed by atoms with E-state index in [1.54, 1.807) is 0 Å². The molecule has 3 rings (SSSR count). The van der Waals surface area contributed by atoms with Gasteiger partial charge in [-0.2, -0.15) is 0 Å². The van der Waals surface area contributed by atoms with E-state index >= 15 is 0 Å². The summed E-state index contributed by atoms with van der Waals surface area (Å²) in [6.07, 6.45) is 0. The summed E-state index contributed by atoms with van der Waals surface area (Å²) in [7, 11) is 0. The van der Waals surface area contributed by atoms with Crippen molar-refractivity contribution in [2.45, 2.75) is 0 Å². The van der Waals surface area contributed by atoms with Crippen molar-refractivity contribution < 1.29 is 19.2 Å². The minimum atomic E-state index is -0.649. The molecule has 0 spiro atoms. The van der Waals surface area contributed by atoms with Crippen molar-refractivity contribution >= 4 is 46.6 Å². The molecule has 0 aliphatic carbocycles. The smallest absolute Gasteiger partial charge is 0.266 e. The standard InChI is InChI=1S/C22H16Cl2N4O4/c23-17-13(6-2-8-15(17)21(31)27-25)19(29)11-4-1-5-12(10-11)20(30)14-7-3-9-16(18(14)24)22(32)28-26/h1-10H,25-26H2,(H,27,31)(H,28,32). The van der Waals surface area contributed by atoms with E-state index in [1.807, 2.05) is 10.9 Å². The summed E-state index contributed by atoms with van der Waals surface area (Å²) < 4.78 is 0. The molecule has 6 N–H and O–H groups in total. The molecule has 0 saturated heterocycles. The van der Waals surface area contributed by atoms with Gasteiger partial charge >= 0.3 is 0 Å². The Morgan fingerprint density at radius 3 is 1.31 bits per heavy atom. The van der Waals surface area contributed by atoms with E-state index in [0.717, 1.165) is 0 Å². The summed E-state index contributed by atoms with van der Waals surface area (Å²) in [5.41, 5.74) is 4.46. The highest BCUT2D eigenvalue weighted by Gasteiger charge is 2.21. The Bertz CT molecular complexity index is 1170. The van der Waals surface area contributed by atoms with Crippen molar-refractivity contribution in [3.8, 4) is 0 Å². The van der Waals surface area contributed by atoms with Gasteiger partial charge in [0, 0.05) is 22.3 Å². The molecule has 2 amide bonds. The van der Waals surface area contributed by atoms with E-state index in [2.05, 4.69) is 0 Å². The van der Waals surface area contributed by atoms with E-state index in [1.165, 1.54) is 60.7 Å². The zero-order valence-electron chi connectivity index (χ0n) is 16.3. The van der Waals surface area contributed by atoms with E-state index in [0.29, 0.717) is 0 Å². The van der Waals surface area contributed by atoms with Crippen LogP contribution in [0.4, 0.5) is 0 Å². The van der Waals surface area contributed by atoms with Crippen molar-refractivity contribution in [3.05, 3.63) is 104 Å². The van der Waals surface area contributed by atoms with Gasteiger partial charge in [-0.05, 0) is 30.3 Å². The van der Waals surface area contributed by atoms with Gasteiger partial charge in [0.15, 0.2) is 11.6 Å². The summed E-state index contributed by atoms with van der Waals surface area (Å²) in [5.74, 6) is 7.99. The SMILES string of the molecule is NNC(=O)c1cccc(C(=O)c2cccc(C(=O)c3cccc(C(=O)NN)c3Cl)c2)c1Cl. The largest absolute Gasteiger partial charge is 0.290 e. The lowest BCUT2D eigenvalue weighted by molar-refractivity contribution is 0.0945. The molecule has 10 heteroatoms. The molecule has 0 aliphatic heterocycles. The number of hydrogen-bond acceptors (Lipinski definition) is 6. The molecule has 0 heterocycles. The maximum Gasteiger partial charge on any atom is 0.266 e. The van der Waals surface area contributed by atoms with Crippen molar-refractivity contribution in [2.24, 2.45) is 11.7 Å². The van der Waals surface area contributed by atoms with Crippen LogP contribution in [0.25, 0.3) is 0 Å². The van der Waals surface area contributed by atoms with E-state index in [9.17, 15) is 19.2 Å². The number of nitrogens with one attached hydrogen (secondary N) is 2. The van der Waals surface area contributed by atoms with Crippen LogP contribution in [0.3, 0.4) is 0 Å². The predicted molar refractivity (Wildman–Crippen MR) is 120 cm³/mol. The fourth-order valence-corrected chi connectivity index (χ4v) is 3.63. The number of carbonyl (C=O) groups excluding carboxylic acids is 4. The number of hydrazine groups is 2. The first-order valence-corrected chi connectivity index (χ1v) is 9.84. The Labute approximate surface area is 192 Å². The van der Waals surface area contributed by atoms with Crippen LogP contribution in [0, 0.1) is 0 Å². The van der Waals surface area contributed by atoms with Crippen molar-refractivity contribution in [1.29, 1.82) is 0 Å². The zero-order chi connectivity index (χ0) is 23.4. The first-order chi connectivity index (χ1) is 15.3. The molecule has 0 saturated carbocycles. The van der Waals surface area contributed by atoms with Crippen molar-refractivity contribution in [1.82, 2.24) is 10.9 Å². The number of carbonyl (C=O) groups is 4. The summed E-state index contributed by atoms with van der Waals surface area (Å²) in [6, 6.07) is 14.7. The van der Waals surface area contributed by atoms with Gasteiger partial charge in [0.25, 0.3) is 11.8 Å². The number of halogens is 2. The highest BCUT2D eigenvalue weighted by molar-refractivity contribution is 6.38. The first kappa shape index (κ1) is 23.1. The summed E-state index contributed by atoms with van der Waals surface area (Å²) >= 11 is 12.5. The molecule has 0 unspecified atom stereocenters. The average Bonchev–Trinajstić information content (AvgIpc) is 2.82. The quantitative estimate of drug-likeness (QED) is 0.188. The van der Waals surface area contributed by atoms with Crippen LogP contribution in [-0.2, 0) is 0 Å². The minimum absolute atomic E-state index is 0.0361. The molecule has 0 bridgehead atoms. The van der Waals surface area contributed by atoms with Crippen LogP contribution in [0.15, 0.2) is 60.7 Å². The van der Waals surface area contributed by atoms with Crippen molar-refractivity contribution in [3.63, 3.8) is 0 Å². The molecule has 0 fully saturated rings. The number of nitrogen functional groups attached to an aromatic ring is 2. The molecule has 0 radical (unpaired) electrons. The third-order valence-electron chi connectivity index (χ3n) is 4.63. The van der Waals surface area contributed by atoms with E-state index in [-0.39, 0.29) is 43.4 Å². The monoisotopic (exact) mass is 470 g/mol. The average molecular weight is 471 g/mol. The van der Waals surface area contributed by atoms with Crippen LogP contribution in [0.5, 0.6) is 0 Å². The lowest BCUT2D eigenvalue weighted by Gasteiger charge is -2.10. The fraction of sp³-hybridized carbons (Fsp3) is 0. The van der Waals surface area contributed by atoms with Gasteiger partial charge < -0.3 is 0 Å². The highest BCUT2D eigenvalue weighted by Crippen LogP contribution is 2.26. The van der Waals surface area contributed by atoms with Crippen molar-refractivity contribution in [2.75, 3.05) is 0 Å². The van der Waals surface area contributed by atoms with Gasteiger partial charge in [0.2, 0.25) is 0 Å². The second-order valence-electron chi connectivity index (χ2n) is 6.52. The predicted octanol–water partition coefficient (Wildman–Crippen LogP) is 2.66. The van der Waals surface area contributed by atoms with Gasteiger partial charge in [0.1, 0.15) is 0 Å². The third kappa shape index (κ3) is 4.39. The molecule has 162 valence electrons. The number of ketones is 2. The Hall–Kier alpha value is -3.56. The van der Waals surface area contributed by atoms with Gasteiger partial charge in [-0.15, -0.1) is 0 Å². The number of nitrogens with two attached hydrogens (primary N) is 2. The van der Waals surface area contributed by atoms with Crippen LogP contribution in [0.2, 0.25) is 10.0 Å². The van der Waals surface area contributed by atoms with Crippen LogP contribution in [-0.4, -0.2) is 23.4 Å². The molecular formula is C22H16Cl2N4O4. The Morgan fingerprint density at radius 1 is 0.594 bits per heavy atom. The molecule has 0 aliphatic rings. The summed E-state index contributed by atoms with van der Waals surface area (Å²) in [4.78, 5) is 49.8. The summed E-state index contributed by atoms with van der Waals surface area (Å²) in [6.45, 7) is 0. The second-order valence-corrected chi connectivity index (χ2v) is 7.28. The molecule has 32 heavy (non-hydrogen) atoms.